The van der Waals surface area contributed by atoms with E-state index in [1.165, 1.54) is 38.8 Å². The van der Waals surface area contributed by atoms with Gasteiger partial charge in [0.2, 0.25) is 0 Å². The average molecular weight is 238 g/mol. The SMILES string of the molecule is CCNCC1(CN2CC3CCC2C3)CCOC1. The fourth-order valence-corrected chi connectivity index (χ4v) is 4.01. The number of nitrogens with one attached hydrogen (secondary N) is 1. The standard InChI is InChI=1S/C14H26N2O/c1-2-15-9-14(5-6-17-11-14)10-16-8-12-3-4-13(16)7-12/h12-13,15H,2-11H2,1H3. The quantitative estimate of drug-likeness (QED) is 0.785. The van der Waals surface area contributed by atoms with E-state index in [-0.39, 0.29) is 0 Å². The second-order valence-corrected chi connectivity index (χ2v) is 6.35. The zero-order chi connectivity index (χ0) is 11.7. The lowest BCUT2D eigenvalue weighted by molar-refractivity contribution is 0.0924. The third-order valence-electron chi connectivity index (χ3n) is 5.00. The molecule has 3 unspecified atom stereocenters. The topological polar surface area (TPSA) is 24.5 Å². The summed E-state index contributed by atoms with van der Waals surface area (Å²) in [6.45, 7) is 8.97. The molecular weight excluding hydrogens is 212 g/mol. The Morgan fingerprint density at radius 3 is 2.94 bits per heavy atom. The Balaban J connectivity index is 1.60. The van der Waals surface area contributed by atoms with E-state index >= 15 is 0 Å². The van der Waals surface area contributed by atoms with Crippen LogP contribution in [0.1, 0.15) is 32.6 Å². The largest absolute Gasteiger partial charge is 0.381 e. The lowest BCUT2D eigenvalue weighted by Gasteiger charge is -2.36. The Hall–Kier alpha value is -0.120. The molecule has 0 radical (unpaired) electrons. The number of nitrogens with zero attached hydrogens (tertiary/aromatic N) is 1. The Kier molecular flexibility index (Phi) is 3.42. The summed E-state index contributed by atoms with van der Waals surface area (Å²) < 4.78 is 5.68. The molecule has 3 atom stereocenters. The summed E-state index contributed by atoms with van der Waals surface area (Å²) in [5.74, 6) is 1.01. The molecule has 0 spiro atoms. The van der Waals surface area contributed by atoms with E-state index in [2.05, 4.69) is 17.1 Å². The maximum atomic E-state index is 5.68. The lowest BCUT2D eigenvalue weighted by Crippen LogP contribution is -2.47. The van der Waals surface area contributed by atoms with Crippen LogP contribution in [0, 0.1) is 11.3 Å². The summed E-state index contributed by atoms with van der Waals surface area (Å²) in [6, 6.07) is 0.902. The molecule has 3 heteroatoms. The highest BCUT2D eigenvalue weighted by Crippen LogP contribution is 2.40. The minimum Gasteiger partial charge on any atom is -0.381 e. The Morgan fingerprint density at radius 2 is 2.35 bits per heavy atom. The van der Waals surface area contributed by atoms with Crippen molar-refractivity contribution < 1.29 is 4.74 Å². The van der Waals surface area contributed by atoms with Crippen LogP contribution in [0.5, 0.6) is 0 Å². The molecule has 2 heterocycles. The van der Waals surface area contributed by atoms with Gasteiger partial charge < -0.3 is 10.1 Å². The number of hydrogen-bond acceptors (Lipinski definition) is 3. The van der Waals surface area contributed by atoms with Crippen molar-refractivity contribution in [1.82, 2.24) is 10.2 Å². The molecule has 17 heavy (non-hydrogen) atoms. The van der Waals surface area contributed by atoms with Crippen molar-refractivity contribution in [1.29, 1.82) is 0 Å². The Labute approximate surface area is 105 Å². The highest BCUT2D eigenvalue weighted by molar-refractivity contribution is 4.97. The fourth-order valence-electron chi connectivity index (χ4n) is 4.01. The van der Waals surface area contributed by atoms with Crippen molar-refractivity contribution >= 4 is 0 Å². The summed E-state index contributed by atoms with van der Waals surface area (Å²) >= 11 is 0. The van der Waals surface area contributed by atoms with Gasteiger partial charge in [-0.2, -0.15) is 0 Å². The summed E-state index contributed by atoms with van der Waals surface area (Å²) in [6.07, 6.45) is 5.65. The van der Waals surface area contributed by atoms with Gasteiger partial charge in [0.1, 0.15) is 0 Å². The van der Waals surface area contributed by atoms with E-state index in [0.29, 0.717) is 5.41 Å². The van der Waals surface area contributed by atoms with E-state index < -0.39 is 0 Å². The average Bonchev–Trinajstić information content (AvgIpc) is 3.03. The molecule has 0 amide bonds. The van der Waals surface area contributed by atoms with Crippen molar-refractivity contribution in [2.75, 3.05) is 39.4 Å². The van der Waals surface area contributed by atoms with Crippen LogP contribution in [0.2, 0.25) is 0 Å². The Bertz CT molecular complexity index is 263. The molecule has 0 aromatic heterocycles. The van der Waals surface area contributed by atoms with Gasteiger partial charge in [0, 0.05) is 37.7 Å². The first-order valence-electron chi connectivity index (χ1n) is 7.34. The van der Waals surface area contributed by atoms with Crippen molar-refractivity contribution in [3.8, 4) is 0 Å². The Morgan fingerprint density at radius 1 is 1.41 bits per heavy atom. The third kappa shape index (κ3) is 2.38. The van der Waals surface area contributed by atoms with E-state index in [9.17, 15) is 0 Å². The number of piperidine rings is 1. The van der Waals surface area contributed by atoms with Gasteiger partial charge in [-0.3, -0.25) is 4.90 Å². The van der Waals surface area contributed by atoms with Crippen LogP contribution in [-0.2, 0) is 4.74 Å². The highest BCUT2D eigenvalue weighted by atomic mass is 16.5. The molecule has 0 aromatic rings. The molecule has 98 valence electrons. The minimum atomic E-state index is 0.403. The number of ether oxygens (including phenoxy) is 1. The van der Waals surface area contributed by atoms with Gasteiger partial charge in [-0.05, 0) is 38.1 Å². The van der Waals surface area contributed by atoms with E-state index in [1.807, 2.05) is 0 Å². The second-order valence-electron chi connectivity index (χ2n) is 6.35. The van der Waals surface area contributed by atoms with Crippen LogP contribution in [0.25, 0.3) is 0 Å². The molecule has 1 saturated carbocycles. The van der Waals surface area contributed by atoms with E-state index in [4.69, 9.17) is 4.74 Å². The summed E-state index contributed by atoms with van der Waals surface area (Å²) in [5, 5.41) is 3.54. The van der Waals surface area contributed by atoms with Gasteiger partial charge in [-0.1, -0.05) is 6.92 Å². The molecule has 1 N–H and O–H groups in total. The number of likely N-dealkylation sites (tertiary alicyclic amines) is 1. The first-order chi connectivity index (χ1) is 8.31. The van der Waals surface area contributed by atoms with Gasteiger partial charge in [-0.15, -0.1) is 0 Å². The molecular formula is C14H26N2O. The third-order valence-corrected chi connectivity index (χ3v) is 5.00. The monoisotopic (exact) mass is 238 g/mol. The van der Waals surface area contributed by atoms with Crippen molar-refractivity contribution in [2.24, 2.45) is 11.3 Å². The zero-order valence-corrected chi connectivity index (χ0v) is 11.1. The molecule has 1 aliphatic carbocycles. The molecule has 3 rings (SSSR count). The summed E-state index contributed by atoms with van der Waals surface area (Å²) in [7, 11) is 0. The molecule has 2 bridgehead atoms. The number of fused-ring (bicyclic) bond motifs is 2. The normalized spacial score (nSPS) is 41.5. The van der Waals surface area contributed by atoms with Crippen LogP contribution in [-0.4, -0.2) is 50.3 Å². The van der Waals surface area contributed by atoms with Gasteiger partial charge in [0.05, 0.1) is 6.61 Å². The summed E-state index contributed by atoms with van der Waals surface area (Å²) in [5.41, 5.74) is 0.403. The molecule has 2 saturated heterocycles. The molecule has 0 aromatic carbocycles. The maximum Gasteiger partial charge on any atom is 0.0547 e. The molecule has 3 fully saturated rings. The predicted octanol–water partition coefficient (Wildman–Crippen LogP) is 1.49. The molecule has 2 aliphatic heterocycles. The first-order valence-corrected chi connectivity index (χ1v) is 7.34. The van der Waals surface area contributed by atoms with Crippen molar-refractivity contribution in [3.63, 3.8) is 0 Å². The van der Waals surface area contributed by atoms with Gasteiger partial charge in [-0.25, -0.2) is 0 Å². The maximum absolute atomic E-state index is 5.68. The smallest absolute Gasteiger partial charge is 0.0547 e. The lowest BCUT2D eigenvalue weighted by atomic mass is 9.86. The zero-order valence-electron chi connectivity index (χ0n) is 11.1. The van der Waals surface area contributed by atoms with Crippen LogP contribution >= 0.6 is 0 Å². The highest BCUT2D eigenvalue weighted by Gasteiger charge is 2.43. The van der Waals surface area contributed by atoms with Crippen molar-refractivity contribution in [2.45, 2.75) is 38.6 Å². The van der Waals surface area contributed by atoms with Gasteiger partial charge >= 0.3 is 0 Å². The van der Waals surface area contributed by atoms with Crippen LogP contribution < -0.4 is 5.32 Å². The van der Waals surface area contributed by atoms with Crippen LogP contribution in [0.3, 0.4) is 0 Å². The van der Waals surface area contributed by atoms with Crippen LogP contribution in [0.15, 0.2) is 0 Å². The van der Waals surface area contributed by atoms with E-state index in [0.717, 1.165) is 38.3 Å². The number of rotatable bonds is 5. The first kappa shape index (κ1) is 11.9. The van der Waals surface area contributed by atoms with Crippen molar-refractivity contribution in [3.05, 3.63) is 0 Å². The van der Waals surface area contributed by atoms with Gasteiger partial charge in [0.15, 0.2) is 0 Å². The number of hydrogen-bond donors (Lipinski definition) is 1. The minimum absolute atomic E-state index is 0.403. The molecule has 3 nitrogen and oxygen atoms in total. The predicted molar refractivity (Wildman–Crippen MR) is 69.1 cm³/mol. The fraction of sp³-hybridized carbons (Fsp3) is 1.00. The summed E-state index contributed by atoms with van der Waals surface area (Å²) in [4.78, 5) is 2.76. The molecule has 3 aliphatic rings. The van der Waals surface area contributed by atoms with Gasteiger partial charge in [0.25, 0.3) is 0 Å². The van der Waals surface area contributed by atoms with E-state index in [1.54, 1.807) is 0 Å². The van der Waals surface area contributed by atoms with Crippen LogP contribution in [0.4, 0.5) is 0 Å². The second kappa shape index (κ2) is 4.87.